The Bertz CT molecular complexity index is 216. The number of hydrogen-bond acceptors (Lipinski definition) is 1. The Balaban J connectivity index is 3.79. The SMILES string of the molecule is CCCCCC/C=C(/CCCCCC)C(C)=O. The van der Waals surface area contributed by atoms with Crippen molar-refractivity contribution >= 4 is 5.78 Å². The van der Waals surface area contributed by atoms with Gasteiger partial charge in [-0.3, -0.25) is 4.79 Å². The molecule has 0 aromatic carbocycles. The molecule has 0 unspecified atom stereocenters. The maximum absolute atomic E-state index is 11.5. The number of Topliss-reactive ketones (excluding diaryl/α,β-unsaturated/α-hetero) is 1. The predicted molar refractivity (Wildman–Crippen MR) is 76.3 cm³/mol. The predicted octanol–water partition coefficient (Wildman–Crippen LogP) is 5.44. The van der Waals surface area contributed by atoms with E-state index in [1.807, 2.05) is 0 Å². The lowest BCUT2D eigenvalue weighted by Crippen LogP contribution is -1.97. The molecule has 0 bridgehead atoms. The van der Waals surface area contributed by atoms with Crippen LogP contribution in [-0.4, -0.2) is 5.78 Å². The number of carbonyl (C=O) groups is 1. The fraction of sp³-hybridized carbons (Fsp3) is 0.812. The van der Waals surface area contributed by atoms with Gasteiger partial charge in [-0.1, -0.05) is 58.4 Å². The highest BCUT2D eigenvalue weighted by Crippen LogP contribution is 2.13. The summed E-state index contributed by atoms with van der Waals surface area (Å²) in [7, 11) is 0. The first-order valence-corrected chi connectivity index (χ1v) is 7.42. The minimum absolute atomic E-state index is 0.275. The van der Waals surface area contributed by atoms with Crippen LogP contribution in [0.5, 0.6) is 0 Å². The van der Waals surface area contributed by atoms with E-state index in [1.54, 1.807) is 6.92 Å². The summed E-state index contributed by atoms with van der Waals surface area (Å²) in [6.45, 7) is 6.15. The summed E-state index contributed by atoms with van der Waals surface area (Å²) in [5.74, 6) is 0.275. The Hall–Kier alpha value is -0.590. The van der Waals surface area contributed by atoms with Crippen LogP contribution in [0.1, 0.15) is 85.0 Å². The quantitative estimate of drug-likeness (QED) is 0.346. The highest BCUT2D eigenvalue weighted by atomic mass is 16.1. The number of hydrogen-bond donors (Lipinski definition) is 0. The third-order valence-corrected chi connectivity index (χ3v) is 3.20. The summed E-state index contributed by atoms with van der Waals surface area (Å²) in [6.07, 6.45) is 14.4. The average Bonchev–Trinajstić information content (AvgIpc) is 2.31. The molecular weight excluding hydrogens is 208 g/mol. The van der Waals surface area contributed by atoms with Crippen LogP contribution >= 0.6 is 0 Å². The zero-order valence-corrected chi connectivity index (χ0v) is 12.1. The van der Waals surface area contributed by atoms with E-state index in [9.17, 15) is 4.79 Å². The van der Waals surface area contributed by atoms with Crippen molar-refractivity contribution in [1.29, 1.82) is 0 Å². The van der Waals surface area contributed by atoms with E-state index in [-0.39, 0.29) is 5.78 Å². The molecule has 0 aromatic heterocycles. The summed E-state index contributed by atoms with van der Waals surface area (Å²) in [6, 6.07) is 0. The van der Waals surface area contributed by atoms with Crippen molar-refractivity contribution in [3.05, 3.63) is 11.6 Å². The smallest absolute Gasteiger partial charge is 0.155 e. The van der Waals surface area contributed by atoms with Crippen molar-refractivity contribution in [2.45, 2.75) is 85.0 Å². The first kappa shape index (κ1) is 16.4. The second kappa shape index (κ2) is 11.9. The Kier molecular flexibility index (Phi) is 11.5. The molecule has 0 fully saturated rings. The maximum atomic E-state index is 11.5. The molecule has 0 aliphatic heterocycles. The average molecular weight is 238 g/mol. The molecule has 0 saturated carbocycles. The Labute approximate surface area is 108 Å². The molecule has 0 spiro atoms. The lowest BCUT2D eigenvalue weighted by molar-refractivity contribution is -0.113. The second-order valence-corrected chi connectivity index (χ2v) is 4.95. The fourth-order valence-corrected chi connectivity index (χ4v) is 2.01. The third kappa shape index (κ3) is 10.3. The number of unbranched alkanes of at least 4 members (excludes halogenated alkanes) is 7. The van der Waals surface area contributed by atoms with E-state index in [2.05, 4.69) is 19.9 Å². The van der Waals surface area contributed by atoms with Crippen molar-refractivity contribution in [2.24, 2.45) is 0 Å². The van der Waals surface area contributed by atoms with Crippen molar-refractivity contribution in [3.63, 3.8) is 0 Å². The Morgan fingerprint density at radius 1 is 0.882 bits per heavy atom. The molecule has 1 nitrogen and oxygen atoms in total. The van der Waals surface area contributed by atoms with E-state index in [0.29, 0.717) is 0 Å². The first-order valence-electron chi connectivity index (χ1n) is 7.42. The molecule has 0 radical (unpaired) electrons. The lowest BCUT2D eigenvalue weighted by atomic mass is 10.0. The molecule has 0 aromatic rings. The molecule has 0 atom stereocenters. The molecule has 0 rings (SSSR count). The van der Waals surface area contributed by atoms with Gasteiger partial charge in [0, 0.05) is 0 Å². The number of carbonyl (C=O) groups excluding carboxylic acids is 1. The van der Waals surface area contributed by atoms with E-state index in [0.717, 1.165) is 18.4 Å². The molecule has 0 N–H and O–H groups in total. The van der Waals surface area contributed by atoms with Crippen LogP contribution in [0, 0.1) is 0 Å². The van der Waals surface area contributed by atoms with E-state index >= 15 is 0 Å². The largest absolute Gasteiger partial charge is 0.295 e. The fourth-order valence-electron chi connectivity index (χ4n) is 2.01. The van der Waals surface area contributed by atoms with E-state index in [1.165, 1.54) is 51.4 Å². The molecular formula is C16H30O. The second-order valence-electron chi connectivity index (χ2n) is 4.95. The number of ketones is 1. The van der Waals surface area contributed by atoms with Gasteiger partial charge >= 0.3 is 0 Å². The minimum atomic E-state index is 0.275. The Morgan fingerprint density at radius 3 is 2.00 bits per heavy atom. The topological polar surface area (TPSA) is 17.1 Å². The summed E-state index contributed by atoms with van der Waals surface area (Å²) in [5, 5.41) is 0. The van der Waals surface area contributed by atoms with Gasteiger partial charge in [-0.25, -0.2) is 0 Å². The molecule has 100 valence electrons. The van der Waals surface area contributed by atoms with Gasteiger partial charge < -0.3 is 0 Å². The third-order valence-electron chi connectivity index (χ3n) is 3.20. The molecule has 0 saturated heterocycles. The van der Waals surface area contributed by atoms with Gasteiger partial charge in [0.15, 0.2) is 5.78 Å². The van der Waals surface area contributed by atoms with Gasteiger partial charge in [-0.2, -0.15) is 0 Å². The van der Waals surface area contributed by atoms with Crippen molar-refractivity contribution in [2.75, 3.05) is 0 Å². The van der Waals surface area contributed by atoms with Gasteiger partial charge in [0.05, 0.1) is 0 Å². The molecule has 0 aliphatic carbocycles. The highest BCUT2D eigenvalue weighted by molar-refractivity contribution is 5.93. The van der Waals surface area contributed by atoms with Crippen LogP contribution < -0.4 is 0 Å². The molecule has 0 aliphatic rings. The van der Waals surface area contributed by atoms with E-state index in [4.69, 9.17) is 0 Å². The minimum Gasteiger partial charge on any atom is -0.295 e. The van der Waals surface area contributed by atoms with Gasteiger partial charge in [-0.15, -0.1) is 0 Å². The summed E-state index contributed by atoms with van der Waals surface area (Å²) >= 11 is 0. The number of rotatable bonds is 11. The van der Waals surface area contributed by atoms with Crippen LogP contribution in [0.4, 0.5) is 0 Å². The lowest BCUT2D eigenvalue weighted by Gasteiger charge is -2.04. The van der Waals surface area contributed by atoms with Crippen molar-refractivity contribution in [1.82, 2.24) is 0 Å². The van der Waals surface area contributed by atoms with Crippen molar-refractivity contribution < 1.29 is 4.79 Å². The normalized spacial score (nSPS) is 11.8. The van der Waals surface area contributed by atoms with Gasteiger partial charge in [0.2, 0.25) is 0 Å². The van der Waals surface area contributed by atoms with Crippen LogP contribution in [0.2, 0.25) is 0 Å². The highest BCUT2D eigenvalue weighted by Gasteiger charge is 2.02. The number of allylic oxidation sites excluding steroid dienone is 2. The van der Waals surface area contributed by atoms with Gasteiger partial charge in [0.1, 0.15) is 0 Å². The van der Waals surface area contributed by atoms with Crippen LogP contribution in [0.25, 0.3) is 0 Å². The van der Waals surface area contributed by atoms with Gasteiger partial charge in [-0.05, 0) is 38.2 Å². The molecule has 17 heavy (non-hydrogen) atoms. The molecule has 0 amide bonds. The standard InChI is InChI=1S/C16H30O/c1-4-6-8-10-12-14-16(15(3)17)13-11-9-7-5-2/h14H,4-13H2,1-3H3/b16-14-. The summed E-state index contributed by atoms with van der Waals surface area (Å²) < 4.78 is 0. The Morgan fingerprint density at radius 2 is 1.47 bits per heavy atom. The zero-order valence-electron chi connectivity index (χ0n) is 12.1. The monoisotopic (exact) mass is 238 g/mol. The first-order chi connectivity index (χ1) is 8.22. The van der Waals surface area contributed by atoms with Crippen LogP contribution in [0.3, 0.4) is 0 Å². The summed E-state index contributed by atoms with van der Waals surface area (Å²) in [4.78, 5) is 11.5. The molecule has 0 heterocycles. The van der Waals surface area contributed by atoms with Crippen LogP contribution in [0.15, 0.2) is 11.6 Å². The van der Waals surface area contributed by atoms with Crippen LogP contribution in [-0.2, 0) is 4.79 Å². The van der Waals surface area contributed by atoms with E-state index < -0.39 is 0 Å². The molecule has 1 heteroatoms. The van der Waals surface area contributed by atoms with Gasteiger partial charge in [0.25, 0.3) is 0 Å². The maximum Gasteiger partial charge on any atom is 0.155 e. The van der Waals surface area contributed by atoms with Crippen molar-refractivity contribution in [3.8, 4) is 0 Å². The summed E-state index contributed by atoms with van der Waals surface area (Å²) in [5.41, 5.74) is 1.07. The zero-order chi connectivity index (χ0) is 12.9.